The molecule has 1 aromatic heterocycles. The van der Waals surface area contributed by atoms with Crippen LogP contribution in [0.2, 0.25) is 0 Å². The molecule has 10 heteroatoms. The van der Waals surface area contributed by atoms with Gasteiger partial charge in [-0.2, -0.15) is 9.40 Å². The van der Waals surface area contributed by atoms with Crippen molar-refractivity contribution in [2.24, 2.45) is 7.05 Å². The predicted octanol–water partition coefficient (Wildman–Crippen LogP) is 3.80. The number of sulfonamides is 1. The second-order valence-corrected chi connectivity index (χ2v) is 11.1. The number of fused-ring (bicyclic) bond motifs is 1. The second kappa shape index (κ2) is 10.8. The molecule has 0 N–H and O–H groups in total. The van der Waals surface area contributed by atoms with Crippen molar-refractivity contribution < 1.29 is 22.7 Å². The van der Waals surface area contributed by atoms with Gasteiger partial charge < -0.3 is 9.64 Å². The lowest BCUT2D eigenvalue weighted by Gasteiger charge is -2.28. The molecule has 0 fully saturated rings. The topological polar surface area (TPSA) is 102 Å². The smallest absolute Gasteiger partial charge is 0.339 e. The zero-order valence-electron chi connectivity index (χ0n) is 21.6. The minimum Gasteiger partial charge on any atom is -0.465 e. The molecular weight excluding hydrogens is 516 g/mol. The number of ether oxygens (including phenoxy) is 1. The molecule has 5 rings (SSSR count). The van der Waals surface area contributed by atoms with Crippen LogP contribution in [-0.4, -0.2) is 48.0 Å². The van der Waals surface area contributed by atoms with Gasteiger partial charge in [0.05, 0.1) is 29.8 Å². The lowest BCUT2D eigenvalue weighted by atomic mass is 10.1. The molecule has 0 bridgehead atoms. The number of aromatic nitrogens is 2. The highest BCUT2D eigenvalue weighted by molar-refractivity contribution is 7.89. The van der Waals surface area contributed by atoms with Gasteiger partial charge in [-0.25, -0.2) is 13.2 Å². The molecule has 0 atom stereocenters. The fourth-order valence-electron chi connectivity index (χ4n) is 4.86. The van der Waals surface area contributed by atoms with Crippen LogP contribution in [0, 0.1) is 0 Å². The molecule has 200 valence electrons. The van der Waals surface area contributed by atoms with Crippen molar-refractivity contribution in [2.45, 2.75) is 24.4 Å². The highest BCUT2D eigenvalue weighted by Crippen LogP contribution is 2.30. The fourth-order valence-corrected chi connectivity index (χ4v) is 6.45. The van der Waals surface area contributed by atoms with Gasteiger partial charge in [-0.3, -0.25) is 9.48 Å². The average Bonchev–Trinajstić information content (AvgIpc) is 3.30. The first-order valence-corrected chi connectivity index (χ1v) is 13.9. The number of nitrogens with zero attached hydrogens (tertiary/aromatic N) is 4. The molecule has 2 heterocycles. The van der Waals surface area contributed by atoms with Gasteiger partial charge in [-0.1, -0.05) is 48.5 Å². The van der Waals surface area contributed by atoms with E-state index in [4.69, 9.17) is 9.84 Å². The Morgan fingerprint density at radius 3 is 2.28 bits per heavy atom. The van der Waals surface area contributed by atoms with E-state index >= 15 is 0 Å². The van der Waals surface area contributed by atoms with E-state index in [9.17, 15) is 18.0 Å². The molecule has 0 radical (unpaired) electrons. The van der Waals surface area contributed by atoms with Gasteiger partial charge >= 0.3 is 5.97 Å². The van der Waals surface area contributed by atoms with E-state index in [0.29, 0.717) is 23.4 Å². The average molecular weight is 545 g/mol. The van der Waals surface area contributed by atoms with Crippen LogP contribution in [0.15, 0.2) is 89.8 Å². The van der Waals surface area contributed by atoms with Gasteiger partial charge in [0.1, 0.15) is 0 Å². The number of hydrogen-bond acceptors (Lipinski definition) is 6. The number of anilines is 1. The Kier molecular flexibility index (Phi) is 7.32. The minimum atomic E-state index is -4.02. The number of methoxy groups -OCH3 is 1. The quantitative estimate of drug-likeness (QED) is 0.328. The van der Waals surface area contributed by atoms with Gasteiger partial charge in [-0.15, -0.1) is 0 Å². The molecule has 9 nitrogen and oxygen atoms in total. The molecule has 4 aromatic rings. The second-order valence-electron chi connectivity index (χ2n) is 9.16. The number of carbonyl (C=O) groups is 2. The van der Waals surface area contributed by atoms with Crippen molar-refractivity contribution in [3.63, 3.8) is 0 Å². The number of carbonyl (C=O) groups excluding carboxylic acids is 2. The Morgan fingerprint density at radius 2 is 1.59 bits per heavy atom. The Balaban J connectivity index is 1.50. The SMILES string of the molecule is COC(=O)c1ccccc1S(=O)(=O)N1CCc2c(c(CN(C(=O)c3ccccc3)c3ccccc3)nn2C)C1. The molecule has 3 aromatic carbocycles. The van der Waals surface area contributed by atoms with Gasteiger partial charge in [0.15, 0.2) is 0 Å². The van der Waals surface area contributed by atoms with E-state index in [1.54, 1.807) is 33.8 Å². The van der Waals surface area contributed by atoms with Crippen molar-refractivity contribution in [1.29, 1.82) is 0 Å². The van der Waals surface area contributed by atoms with E-state index in [2.05, 4.69) is 0 Å². The van der Waals surface area contributed by atoms with Gasteiger partial charge in [0, 0.05) is 49.1 Å². The monoisotopic (exact) mass is 544 g/mol. The molecule has 39 heavy (non-hydrogen) atoms. The van der Waals surface area contributed by atoms with E-state index in [0.717, 1.165) is 11.3 Å². The molecule has 0 spiro atoms. The van der Waals surface area contributed by atoms with Gasteiger partial charge in [0.2, 0.25) is 10.0 Å². The summed E-state index contributed by atoms with van der Waals surface area (Å²) in [6.45, 7) is 0.460. The summed E-state index contributed by atoms with van der Waals surface area (Å²) in [5.41, 5.74) is 3.51. The lowest BCUT2D eigenvalue weighted by Crippen LogP contribution is -2.37. The number of hydrogen-bond donors (Lipinski definition) is 0. The first kappa shape index (κ1) is 26.3. The van der Waals surface area contributed by atoms with Gasteiger partial charge in [0.25, 0.3) is 5.91 Å². The first-order valence-electron chi connectivity index (χ1n) is 12.4. The number of para-hydroxylation sites is 1. The molecule has 1 aliphatic heterocycles. The van der Waals surface area contributed by atoms with Crippen LogP contribution in [0.25, 0.3) is 0 Å². The van der Waals surface area contributed by atoms with Crippen LogP contribution in [0.5, 0.6) is 0 Å². The molecule has 0 saturated carbocycles. The van der Waals surface area contributed by atoms with Crippen LogP contribution < -0.4 is 4.90 Å². The molecule has 0 saturated heterocycles. The highest BCUT2D eigenvalue weighted by atomic mass is 32.2. The maximum absolute atomic E-state index is 13.7. The van der Waals surface area contributed by atoms with Crippen molar-refractivity contribution in [2.75, 3.05) is 18.6 Å². The molecule has 0 unspecified atom stereocenters. The van der Waals surface area contributed by atoms with Crippen LogP contribution in [0.3, 0.4) is 0 Å². The van der Waals surface area contributed by atoms with Gasteiger partial charge in [-0.05, 0) is 36.4 Å². The number of amides is 1. The molecule has 1 aliphatic rings. The van der Waals surface area contributed by atoms with Crippen LogP contribution >= 0.6 is 0 Å². The summed E-state index contributed by atoms with van der Waals surface area (Å²) >= 11 is 0. The Hall–Kier alpha value is -4.28. The van der Waals surface area contributed by atoms with Crippen LogP contribution in [0.1, 0.15) is 37.7 Å². The minimum absolute atomic E-state index is 0.0130. The zero-order chi connectivity index (χ0) is 27.6. The van der Waals surface area contributed by atoms with Crippen molar-refractivity contribution in [3.05, 3.63) is 113 Å². The summed E-state index contributed by atoms with van der Waals surface area (Å²) < 4.78 is 35.4. The number of rotatable bonds is 7. The Morgan fingerprint density at radius 1 is 0.949 bits per heavy atom. The summed E-state index contributed by atoms with van der Waals surface area (Å²) in [7, 11) is -0.980. The summed E-state index contributed by atoms with van der Waals surface area (Å²) in [5, 5.41) is 4.71. The number of aryl methyl sites for hydroxylation is 1. The van der Waals surface area contributed by atoms with Crippen LogP contribution in [0.4, 0.5) is 5.69 Å². The Bertz CT molecular complexity index is 1620. The summed E-state index contributed by atoms with van der Waals surface area (Å²) in [4.78, 5) is 27.5. The Labute approximate surface area is 227 Å². The summed E-state index contributed by atoms with van der Waals surface area (Å²) in [6.07, 6.45) is 0.441. The highest BCUT2D eigenvalue weighted by Gasteiger charge is 2.35. The maximum Gasteiger partial charge on any atom is 0.339 e. The standard InChI is InChI=1S/C29H28N4O5S/c1-31-26-17-18-32(39(36,37)27-16-10-9-15-23(27)29(35)38-2)19-24(26)25(30-31)20-33(22-13-7-4-8-14-22)28(34)21-11-5-3-6-12-21/h3-16H,17-20H2,1-2H3. The summed E-state index contributed by atoms with van der Waals surface area (Å²) in [5.74, 6) is -0.902. The number of esters is 1. The largest absolute Gasteiger partial charge is 0.465 e. The summed E-state index contributed by atoms with van der Waals surface area (Å²) in [6, 6.07) is 24.4. The zero-order valence-corrected chi connectivity index (χ0v) is 22.5. The van der Waals surface area contributed by atoms with E-state index < -0.39 is 16.0 Å². The first-order chi connectivity index (χ1) is 18.8. The van der Waals surface area contributed by atoms with E-state index in [1.807, 2.05) is 55.6 Å². The molecular formula is C29H28N4O5S. The molecule has 1 amide bonds. The maximum atomic E-state index is 13.7. The van der Waals surface area contributed by atoms with Crippen molar-refractivity contribution >= 4 is 27.6 Å². The third-order valence-corrected chi connectivity index (χ3v) is 8.75. The molecule has 0 aliphatic carbocycles. The van der Waals surface area contributed by atoms with Crippen LogP contribution in [-0.2, 0) is 41.3 Å². The lowest BCUT2D eigenvalue weighted by molar-refractivity contribution is 0.0596. The predicted molar refractivity (Wildman–Crippen MR) is 146 cm³/mol. The number of benzene rings is 3. The fraction of sp³-hybridized carbons (Fsp3) is 0.207. The van der Waals surface area contributed by atoms with Crippen molar-refractivity contribution in [1.82, 2.24) is 14.1 Å². The third kappa shape index (κ3) is 5.08. The van der Waals surface area contributed by atoms with E-state index in [1.165, 1.54) is 23.5 Å². The van der Waals surface area contributed by atoms with Crippen molar-refractivity contribution in [3.8, 4) is 0 Å². The normalized spacial score (nSPS) is 13.5. The van der Waals surface area contributed by atoms with E-state index in [-0.39, 0.29) is 36.0 Å². The third-order valence-electron chi connectivity index (χ3n) is 6.84.